The van der Waals surface area contributed by atoms with Crippen LogP contribution in [-0.4, -0.2) is 10.7 Å². The van der Waals surface area contributed by atoms with E-state index in [2.05, 4.69) is 4.98 Å². The van der Waals surface area contributed by atoms with Crippen LogP contribution >= 0.6 is 11.8 Å². The number of thioether (sulfide) groups is 1. The number of halogens is 3. The summed E-state index contributed by atoms with van der Waals surface area (Å²) in [5, 5.41) is 0.534. The molecule has 1 aromatic heterocycles. The topological polar surface area (TPSA) is 38.9 Å². The number of nitrogens with two attached hydrogens (primary N) is 1. The molecule has 2 rings (SSSR count). The molecule has 0 fully saturated rings. The van der Waals surface area contributed by atoms with E-state index in [4.69, 9.17) is 5.73 Å². The summed E-state index contributed by atoms with van der Waals surface area (Å²) in [6, 6.07) is 10.0. The Hall–Kier alpha value is -1.53. The molecule has 2 nitrogen and oxygen atoms in total. The predicted molar refractivity (Wildman–Crippen MR) is 78.1 cm³/mol. The monoisotopic (exact) mass is 312 g/mol. The van der Waals surface area contributed by atoms with Crippen LogP contribution in [0.25, 0.3) is 0 Å². The number of aromatic nitrogens is 1. The molecule has 21 heavy (non-hydrogen) atoms. The van der Waals surface area contributed by atoms with E-state index in [-0.39, 0.29) is 6.04 Å². The molecule has 0 bridgehead atoms. The zero-order valence-electron chi connectivity index (χ0n) is 11.4. The lowest BCUT2D eigenvalue weighted by Crippen LogP contribution is -2.14. The highest BCUT2D eigenvalue weighted by Gasteiger charge is 2.30. The van der Waals surface area contributed by atoms with Gasteiger partial charge in [-0.2, -0.15) is 13.2 Å². The second-order valence-electron chi connectivity index (χ2n) is 4.66. The van der Waals surface area contributed by atoms with Gasteiger partial charge in [0, 0.05) is 18.0 Å². The molecule has 0 amide bonds. The molecule has 0 aliphatic rings. The van der Waals surface area contributed by atoms with Gasteiger partial charge in [0.25, 0.3) is 0 Å². The maximum Gasteiger partial charge on any atom is 0.417 e. The van der Waals surface area contributed by atoms with Gasteiger partial charge in [-0.15, -0.1) is 11.8 Å². The first-order valence-corrected chi connectivity index (χ1v) is 7.33. The van der Waals surface area contributed by atoms with E-state index in [0.717, 1.165) is 23.4 Å². The molecule has 0 aliphatic carbocycles. The smallest absolute Gasteiger partial charge is 0.323 e. The van der Waals surface area contributed by atoms with E-state index in [1.54, 1.807) is 0 Å². The van der Waals surface area contributed by atoms with Crippen molar-refractivity contribution in [3.8, 4) is 0 Å². The fourth-order valence-corrected chi connectivity index (χ4v) is 2.72. The lowest BCUT2D eigenvalue weighted by molar-refractivity contribution is -0.137. The molecule has 2 aromatic rings. The molecule has 0 saturated heterocycles. The molecule has 0 radical (unpaired) electrons. The Kier molecular flexibility index (Phi) is 4.90. The molecule has 1 unspecified atom stereocenters. The molecule has 112 valence electrons. The maximum absolute atomic E-state index is 12.4. The average Bonchev–Trinajstić information content (AvgIpc) is 2.45. The van der Waals surface area contributed by atoms with Gasteiger partial charge >= 0.3 is 6.18 Å². The van der Waals surface area contributed by atoms with Crippen molar-refractivity contribution in [1.29, 1.82) is 0 Å². The van der Waals surface area contributed by atoms with Gasteiger partial charge in [-0.05, 0) is 30.2 Å². The summed E-state index contributed by atoms with van der Waals surface area (Å²) in [5.74, 6) is 0.559. The third-order valence-electron chi connectivity index (χ3n) is 3.06. The molecule has 0 aliphatic heterocycles. The largest absolute Gasteiger partial charge is 0.417 e. The summed E-state index contributed by atoms with van der Waals surface area (Å²) in [4.78, 5) is 3.82. The van der Waals surface area contributed by atoms with Crippen molar-refractivity contribution >= 4 is 11.8 Å². The van der Waals surface area contributed by atoms with Crippen molar-refractivity contribution in [1.82, 2.24) is 4.98 Å². The van der Waals surface area contributed by atoms with Crippen LogP contribution in [0.15, 0.2) is 47.6 Å². The Morgan fingerprint density at radius 2 is 1.90 bits per heavy atom. The van der Waals surface area contributed by atoms with Crippen LogP contribution in [-0.2, 0) is 6.18 Å². The number of hydrogen-bond acceptors (Lipinski definition) is 3. The number of benzene rings is 1. The van der Waals surface area contributed by atoms with Gasteiger partial charge in [0.05, 0.1) is 10.6 Å². The first-order valence-electron chi connectivity index (χ1n) is 6.35. The first kappa shape index (κ1) is 15.9. The Morgan fingerprint density at radius 3 is 2.48 bits per heavy atom. The Balaban J connectivity index is 1.99. The third-order valence-corrected chi connectivity index (χ3v) is 4.13. The van der Waals surface area contributed by atoms with Crippen molar-refractivity contribution in [2.45, 2.75) is 24.2 Å². The molecular formula is C15H15F3N2S. The summed E-state index contributed by atoms with van der Waals surface area (Å²) >= 11 is 1.35. The van der Waals surface area contributed by atoms with Crippen LogP contribution in [0.2, 0.25) is 0 Å². The van der Waals surface area contributed by atoms with Gasteiger partial charge in [0.2, 0.25) is 0 Å². The Morgan fingerprint density at radius 1 is 1.19 bits per heavy atom. The first-order chi connectivity index (χ1) is 9.88. The highest BCUT2D eigenvalue weighted by Crippen LogP contribution is 2.30. The fraction of sp³-hybridized carbons (Fsp3) is 0.267. The number of pyridine rings is 1. The van der Waals surface area contributed by atoms with Gasteiger partial charge in [0.15, 0.2) is 0 Å². The van der Waals surface area contributed by atoms with E-state index in [1.165, 1.54) is 17.8 Å². The van der Waals surface area contributed by atoms with Crippen molar-refractivity contribution in [2.24, 2.45) is 5.73 Å². The molecule has 0 saturated carbocycles. The van der Waals surface area contributed by atoms with Crippen molar-refractivity contribution in [2.75, 3.05) is 5.75 Å². The Bertz CT molecular complexity index is 597. The van der Waals surface area contributed by atoms with E-state index in [0.29, 0.717) is 10.8 Å². The van der Waals surface area contributed by atoms with Crippen LogP contribution in [0.3, 0.4) is 0 Å². The molecule has 2 N–H and O–H groups in total. The van der Waals surface area contributed by atoms with E-state index in [1.807, 2.05) is 31.2 Å². The number of rotatable bonds is 4. The number of alkyl halides is 3. The number of nitrogens with zero attached hydrogens (tertiary/aromatic N) is 1. The van der Waals surface area contributed by atoms with Gasteiger partial charge in [0.1, 0.15) is 0 Å². The summed E-state index contributed by atoms with van der Waals surface area (Å²) < 4.78 is 37.3. The van der Waals surface area contributed by atoms with E-state index < -0.39 is 11.7 Å². The SMILES string of the molecule is Cc1ccccc1C(N)CSc1ccc(C(F)(F)F)cn1. The van der Waals surface area contributed by atoms with E-state index in [9.17, 15) is 13.2 Å². The van der Waals surface area contributed by atoms with Gasteiger partial charge in [-0.1, -0.05) is 24.3 Å². The minimum absolute atomic E-state index is 0.180. The maximum atomic E-state index is 12.4. The van der Waals surface area contributed by atoms with Crippen LogP contribution in [0.4, 0.5) is 13.2 Å². The standard InChI is InChI=1S/C15H15F3N2S/c1-10-4-2-3-5-12(10)13(19)9-21-14-7-6-11(8-20-14)15(16,17)18/h2-8,13H,9,19H2,1H3. The Labute approximate surface area is 125 Å². The van der Waals surface area contributed by atoms with Crippen molar-refractivity contribution < 1.29 is 13.2 Å². The summed E-state index contributed by atoms with van der Waals surface area (Å²) in [6.45, 7) is 1.98. The minimum Gasteiger partial charge on any atom is -0.323 e. The summed E-state index contributed by atoms with van der Waals surface area (Å²) in [7, 11) is 0. The lowest BCUT2D eigenvalue weighted by Gasteiger charge is -2.14. The zero-order valence-corrected chi connectivity index (χ0v) is 12.2. The molecule has 6 heteroatoms. The molecule has 1 aromatic carbocycles. The summed E-state index contributed by atoms with van der Waals surface area (Å²) in [6.07, 6.45) is -3.50. The third kappa shape index (κ3) is 4.22. The molecular weight excluding hydrogens is 297 g/mol. The number of hydrogen-bond donors (Lipinski definition) is 1. The zero-order chi connectivity index (χ0) is 15.5. The lowest BCUT2D eigenvalue weighted by atomic mass is 10.0. The molecule has 0 spiro atoms. The number of aryl methyl sites for hydroxylation is 1. The second kappa shape index (κ2) is 6.49. The normalized spacial score (nSPS) is 13.2. The van der Waals surface area contributed by atoms with Crippen LogP contribution in [0, 0.1) is 6.92 Å². The molecule has 1 atom stereocenters. The van der Waals surface area contributed by atoms with Crippen LogP contribution in [0.5, 0.6) is 0 Å². The average molecular weight is 312 g/mol. The summed E-state index contributed by atoms with van der Waals surface area (Å²) in [5.41, 5.74) is 7.52. The van der Waals surface area contributed by atoms with Crippen LogP contribution < -0.4 is 5.73 Å². The fourth-order valence-electron chi connectivity index (χ4n) is 1.90. The minimum atomic E-state index is -4.35. The quantitative estimate of drug-likeness (QED) is 0.860. The van der Waals surface area contributed by atoms with Gasteiger partial charge < -0.3 is 5.73 Å². The van der Waals surface area contributed by atoms with Gasteiger partial charge in [-0.25, -0.2) is 4.98 Å². The second-order valence-corrected chi connectivity index (χ2v) is 5.70. The van der Waals surface area contributed by atoms with Crippen molar-refractivity contribution in [3.05, 3.63) is 59.3 Å². The van der Waals surface area contributed by atoms with Crippen molar-refractivity contribution in [3.63, 3.8) is 0 Å². The predicted octanol–water partition coefficient (Wildman–Crippen LogP) is 4.20. The van der Waals surface area contributed by atoms with E-state index >= 15 is 0 Å². The molecule has 1 heterocycles. The highest BCUT2D eigenvalue weighted by molar-refractivity contribution is 7.99. The van der Waals surface area contributed by atoms with Crippen LogP contribution in [0.1, 0.15) is 22.7 Å². The highest BCUT2D eigenvalue weighted by atomic mass is 32.2. The van der Waals surface area contributed by atoms with Gasteiger partial charge in [-0.3, -0.25) is 0 Å².